The van der Waals surface area contributed by atoms with E-state index in [1.54, 1.807) is 12.1 Å². The van der Waals surface area contributed by atoms with Gasteiger partial charge < -0.3 is 4.74 Å². The molecule has 0 bridgehead atoms. The molecule has 20 heavy (non-hydrogen) atoms. The van der Waals surface area contributed by atoms with Crippen molar-refractivity contribution in [1.29, 1.82) is 0 Å². The predicted octanol–water partition coefficient (Wildman–Crippen LogP) is 4.16. The van der Waals surface area contributed by atoms with E-state index >= 15 is 0 Å². The van der Waals surface area contributed by atoms with Crippen molar-refractivity contribution in [2.24, 2.45) is 0 Å². The summed E-state index contributed by atoms with van der Waals surface area (Å²) < 4.78 is 19.0. The van der Waals surface area contributed by atoms with Crippen LogP contribution in [0.4, 0.5) is 4.39 Å². The number of methoxy groups -OCH3 is 1. The van der Waals surface area contributed by atoms with Gasteiger partial charge in [-0.3, -0.25) is 4.79 Å². The zero-order valence-electron chi connectivity index (χ0n) is 11.6. The van der Waals surface area contributed by atoms with Crippen molar-refractivity contribution in [2.45, 2.75) is 19.3 Å². The molecule has 0 aliphatic carbocycles. The van der Waals surface area contributed by atoms with Crippen molar-refractivity contribution in [1.82, 2.24) is 0 Å². The first-order valence-electron chi connectivity index (χ1n) is 6.60. The zero-order valence-corrected chi connectivity index (χ0v) is 11.6. The maximum Gasteiger partial charge on any atom is 0.313 e. The lowest BCUT2D eigenvalue weighted by atomic mass is 9.94. The predicted molar refractivity (Wildman–Crippen MR) is 76.9 cm³/mol. The highest BCUT2D eigenvalue weighted by Crippen LogP contribution is 2.28. The fourth-order valence-electron chi connectivity index (χ4n) is 2.28. The molecule has 0 heterocycles. The van der Waals surface area contributed by atoms with E-state index in [0.717, 1.165) is 5.56 Å². The van der Waals surface area contributed by atoms with Crippen molar-refractivity contribution in [2.75, 3.05) is 7.11 Å². The quantitative estimate of drug-likeness (QED) is 0.781. The van der Waals surface area contributed by atoms with Crippen LogP contribution in [-0.2, 0) is 9.53 Å². The molecular weight excluding hydrogens is 255 g/mol. The molecule has 0 radical (unpaired) electrons. The summed E-state index contributed by atoms with van der Waals surface area (Å²) in [5.74, 6) is -1.07. The summed E-state index contributed by atoms with van der Waals surface area (Å²) in [4.78, 5) is 11.7. The van der Waals surface area contributed by atoms with E-state index in [2.05, 4.69) is 0 Å². The second kappa shape index (κ2) is 6.33. The maximum atomic E-state index is 14.2. The van der Waals surface area contributed by atoms with Gasteiger partial charge >= 0.3 is 5.97 Å². The zero-order chi connectivity index (χ0) is 14.5. The standard InChI is InChI=1S/C17H17FO2/c1-3-14(17(19)20-2)13-9-10-15(16(18)11-13)12-7-5-4-6-8-12/h4-11,14H,3H2,1-2H3. The van der Waals surface area contributed by atoms with E-state index < -0.39 is 5.92 Å². The normalized spacial score (nSPS) is 11.9. The number of benzene rings is 2. The summed E-state index contributed by atoms with van der Waals surface area (Å²) in [6, 6.07) is 14.3. The first kappa shape index (κ1) is 14.3. The Labute approximate surface area is 118 Å². The van der Waals surface area contributed by atoms with Gasteiger partial charge in [0.05, 0.1) is 13.0 Å². The highest BCUT2D eigenvalue weighted by molar-refractivity contribution is 5.78. The minimum absolute atomic E-state index is 0.323. The second-order valence-corrected chi connectivity index (χ2v) is 4.59. The van der Waals surface area contributed by atoms with Gasteiger partial charge in [0.15, 0.2) is 0 Å². The molecular formula is C17H17FO2. The Kier molecular flexibility index (Phi) is 4.51. The van der Waals surface area contributed by atoms with Crippen molar-refractivity contribution >= 4 is 5.97 Å². The molecule has 2 aromatic carbocycles. The van der Waals surface area contributed by atoms with E-state index in [0.29, 0.717) is 17.5 Å². The van der Waals surface area contributed by atoms with Gasteiger partial charge in [-0.2, -0.15) is 0 Å². The number of carbonyl (C=O) groups is 1. The minimum Gasteiger partial charge on any atom is -0.469 e. The van der Waals surface area contributed by atoms with Crippen molar-refractivity contribution in [3.63, 3.8) is 0 Å². The van der Waals surface area contributed by atoms with E-state index in [9.17, 15) is 9.18 Å². The molecule has 0 amide bonds. The Balaban J connectivity index is 2.37. The van der Waals surface area contributed by atoms with Crippen molar-refractivity contribution in [3.8, 4) is 11.1 Å². The molecule has 0 spiro atoms. The largest absolute Gasteiger partial charge is 0.469 e. The molecule has 104 valence electrons. The van der Waals surface area contributed by atoms with Gasteiger partial charge in [0.25, 0.3) is 0 Å². The molecule has 1 unspecified atom stereocenters. The molecule has 2 nitrogen and oxygen atoms in total. The third-order valence-electron chi connectivity index (χ3n) is 3.37. The van der Waals surface area contributed by atoms with Crippen LogP contribution in [0.1, 0.15) is 24.8 Å². The molecule has 2 aromatic rings. The first-order chi connectivity index (χ1) is 9.67. The van der Waals surface area contributed by atoms with Gasteiger partial charge in [-0.1, -0.05) is 49.4 Å². The third kappa shape index (κ3) is 2.87. The van der Waals surface area contributed by atoms with Crippen LogP contribution in [0.3, 0.4) is 0 Å². The van der Waals surface area contributed by atoms with Crippen molar-refractivity contribution < 1.29 is 13.9 Å². The van der Waals surface area contributed by atoms with E-state index in [1.165, 1.54) is 13.2 Å². The molecule has 2 rings (SSSR count). The number of hydrogen-bond donors (Lipinski definition) is 0. The highest BCUT2D eigenvalue weighted by Gasteiger charge is 2.20. The number of carbonyl (C=O) groups excluding carboxylic acids is 1. The molecule has 3 heteroatoms. The molecule has 0 N–H and O–H groups in total. The lowest BCUT2D eigenvalue weighted by Gasteiger charge is -2.14. The highest BCUT2D eigenvalue weighted by atomic mass is 19.1. The van der Waals surface area contributed by atoms with Crippen LogP contribution < -0.4 is 0 Å². The second-order valence-electron chi connectivity index (χ2n) is 4.59. The van der Waals surface area contributed by atoms with Crippen LogP contribution in [0, 0.1) is 5.82 Å². The Morgan fingerprint density at radius 3 is 2.45 bits per heavy atom. The van der Waals surface area contributed by atoms with Gasteiger partial charge in [0.2, 0.25) is 0 Å². The molecule has 1 atom stereocenters. The summed E-state index contributed by atoms with van der Waals surface area (Å²) in [6.45, 7) is 1.88. The van der Waals surface area contributed by atoms with Gasteiger partial charge in [0, 0.05) is 5.56 Å². The smallest absolute Gasteiger partial charge is 0.313 e. The molecule has 0 aromatic heterocycles. The van der Waals surface area contributed by atoms with E-state index in [1.807, 2.05) is 37.3 Å². The van der Waals surface area contributed by atoms with Crippen LogP contribution in [0.25, 0.3) is 11.1 Å². The van der Waals surface area contributed by atoms with Crippen LogP contribution in [0.15, 0.2) is 48.5 Å². The van der Waals surface area contributed by atoms with Crippen LogP contribution >= 0.6 is 0 Å². The number of esters is 1. The first-order valence-corrected chi connectivity index (χ1v) is 6.60. The van der Waals surface area contributed by atoms with Gasteiger partial charge in [-0.15, -0.1) is 0 Å². The number of halogens is 1. The van der Waals surface area contributed by atoms with Crippen LogP contribution in [0.2, 0.25) is 0 Å². The summed E-state index contributed by atoms with van der Waals surface area (Å²) >= 11 is 0. The van der Waals surface area contributed by atoms with Crippen LogP contribution in [-0.4, -0.2) is 13.1 Å². The Hall–Kier alpha value is -2.16. The monoisotopic (exact) mass is 272 g/mol. The summed E-state index contributed by atoms with van der Waals surface area (Å²) in [5.41, 5.74) is 2.01. The Morgan fingerprint density at radius 2 is 1.90 bits per heavy atom. The topological polar surface area (TPSA) is 26.3 Å². The van der Waals surface area contributed by atoms with E-state index in [4.69, 9.17) is 4.74 Å². The van der Waals surface area contributed by atoms with Gasteiger partial charge in [-0.25, -0.2) is 4.39 Å². The van der Waals surface area contributed by atoms with Crippen molar-refractivity contribution in [3.05, 3.63) is 59.9 Å². The molecule has 0 aliphatic heterocycles. The third-order valence-corrected chi connectivity index (χ3v) is 3.37. The summed E-state index contributed by atoms with van der Waals surface area (Å²) in [6.07, 6.45) is 0.580. The minimum atomic E-state index is -0.417. The lowest BCUT2D eigenvalue weighted by molar-refractivity contribution is -0.142. The average molecular weight is 272 g/mol. The fourth-order valence-corrected chi connectivity index (χ4v) is 2.28. The Bertz CT molecular complexity index is 593. The number of rotatable bonds is 4. The van der Waals surface area contributed by atoms with Gasteiger partial charge in [0.1, 0.15) is 5.82 Å². The lowest BCUT2D eigenvalue weighted by Crippen LogP contribution is -2.13. The average Bonchev–Trinajstić information content (AvgIpc) is 2.49. The number of hydrogen-bond acceptors (Lipinski definition) is 2. The molecule has 0 saturated carbocycles. The molecule has 0 aliphatic rings. The fraction of sp³-hybridized carbons (Fsp3) is 0.235. The molecule has 0 saturated heterocycles. The van der Waals surface area contributed by atoms with E-state index in [-0.39, 0.29) is 11.8 Å². The summed E-state index contributed by atoms with van der Waals surface area (Å²) in [7, 11) is 1.35. The SMILES string of the molecule is CCC(C(=O)OC)c1ccc(-c2ccccc2)c(F)c1. The molecule has 0 fully saturated rings. The van der Waals surface area contributed by atoms with Gasteiger partial charge in [-0.05, 0) is 23.6 Å². The number of ether oxygens (including phenoxy) is 1. The van der Waals surface area contributed by atoms with Crippen LogP contribution in [0.5, 0.6) is 0 Å². The maximum absolute atomic E-state index is 14.2. The Morgan fingerprint density at radius 1 is 1.20 bits per heavy atom. The summed E-state index contributed by atoms with van der Waals surface area (Å²) in [5, 5.41) is 0.